The quantitative estimate of drug-likeness (QED) is 0.216. The number of methoxy groups -OCH3 is 2. The van der Waals surface area contributed by atoms with E-state index in [-0.39, 0.29) is 11.3 Å². The van der Waals surface area contributed by atoms with E-state index in [1.54, 1.807) is 60.9 Å². The zero-order valence-corrected chi connectivity index (χ0v) is 19.4. The van der Waals surface area contributed by atoms with Crippen LogP contribution in [0.4, 0.5) is 0 Å². The van der Waals surface area contributed by atoms with Crippen LogP contribution in [0.25, 0.3) is 33.9 Å². The van der Waals surface area contributed by atoms with Gasteiger partial charge in [0.15, 0.2) is 35.4 Å². The molecule has 0 saturated heterocycles. The molecular formula is C27H20N2O7. The van der Waals surface area contributed by atoms with Crippen molar-refractivity contribution < 1.29 is 32.6 Å². The van der Waals surface area contributed by atoms with E-state index in [2.05, 4.69) is 9.97 Å². The number of hydrogen-bond acceptors (Lipinski definition) is 9. The van der Waals surface area contributed by atoms with Crippen LogP contribution in [0.1, 0.15) is 20.7 Å². The lowest BCUT2D eigenvalue weighted by atomic mass is 10.1. The van der Waals surface area contributed by atoms with E-state index in [0.717, 1.165) is 0 Å². The number of benzene rings is 2. The highest BCUT2D eigenvalue weighted by Gasteiger charge is 2.19. The first-order chi connectivity index (χ1) is 17.6. The van der Waals surface area contributed by atoms with Crippen LogP contribution in [0.15, 0.2) is 82.0 Å². The van der Waals surface area contributed by atoms with Gasteiger partial charge in [0, 0.05) is 5.56 Å². The Morgan fingerprint density at radius 3 is 2.00 bits per heavy atom. The molecule has 0 spiro atoms. The Kier molecular flexibility index (Phi) is 6.19. The second-order valence-corrected chi connectivity index (χ2v) is 7.65. The second kappa shape index (κ2) is 9.75. The van der Waals surface area contributed by atoms with Crippen LogP contribution in [-0.4, -0.2) is 42.5 Å². The number of Topliss-reactive ketones (excluding diaryl/α,β-unsaturated/α-hetero) is 1. The van der Waals surface area contributed by atoms with Crippen molar-refractivity contribution >= 4 is 22.8 Å². The normalized spacial score (nSPS) is 10.8. The second-order valence-electron chi connectivity index (χ2n) is 7.65. The third-order valence-corrected chi connectivity index (χ3v) is 5.45. The summed E-state index contributed by atoms with van der Waals surface area (Å²) in [6.07, 6.45) is 3.09. The van der Waals surface area contributed by atoms with Crippen LogP contribution < -0.4 is 9.47 Å². The molecule has 0 N–H and O–H groups in total. The van der Waals surface area contributed by atoms with Crippen LogP contribution in [-0.2, 0) is 4.74 Å². The molecule has 5 aromatic rings. The lowest BCUT2D eigenvalue weighted by Gasteiger charge is -2.10. The van der Waals surface area contributed by atoms with Gasteiger partial charge in [-0.2, -0.15) is 0 Å². The van der Waals surface area contributed by atoms with Crippen molar-refractivity contribution in [2.24, 2.45) is 0 Å². The van der Waals surface area contributed by atoms with Crippen molar-refractivity contribution in [3.05, 3.63) is 84.3 Å². The van der Waals surface area contributed by atoms with E-state index in [1.807, 2.05) is 0 Å². The third kappa shape index (κ3) is 4.41. The largest absolute Gasteiger partial charge is 0.493 e. The van der Waals surface area contributed by atoms with Crippen molar-refractivity contribution in [1.82, 2.24) is 9.97 Å². The van der Waals surface area contributed by atoms with Gasteiger partial charge in [0.2, 0.25) is 0 Å². The molecule has 0 atom stereocenters. The third-order valence-electron chi connectivity index (χ3n) is 5.45. The summed E-state index contributed by atoms with van der Waals surface area (Å²) in [6, 6.07) is 16.6. The van der Waals surface area contributed by atoms with Gasteiger partial charge in [-0.1, -0.05) is 0 Å². The molecule has 0 amide bonds. The predicted molar refractivity (Wildman–Crippen MR) is 129 cm³/mol. The average Bonchev–Trinajstić information content (AvgIpc) is 3.65. The number of furan rings is 2. The summed E-state index contributed by atoms with van der Waals surface area (Å²) < 4.78 is 26.7. The predicted octanol–water partition coefficient (Wildman–Crippen LogP) is 5.21. The minimum Gasteiger partial charge on any atom is -0.493 e. The number of esters is 1. The molecule has 3 aromatic heterocycles. The molecule has 0 fully saturated rings. The first kappa shape index (κ1) is 22.9. The molecule has 5 rings (SSSR count). The van der Waals surface area contributed by atoms with Gasteiger partial charge in [0.1, 0.15) is 11.4 Å². The number of fused-ring (bicyclic) bond motifs is 1. The summed E-state index contributed by atoms with van der Waals surface area (Å²) in [5.74, 6) is 0.893. The number of carbonyl (C=O) groups excluding carboxylic acids is 2. The smallest absolute Gasteiger partial charge is 0.338 e. The van der Waals surface area contributed by atoms with Gasteiger partial charge in [-0.15, -0.1) is 0 Å². The standard InChI is InChI=1S/C27H20N2O7/c1-32-21-10-8-16(14-24(21)33-2)20(30)15-36-27(31)17-7-9-18-19(13-17)29-26(23-6-4-12-35-23)25(28-18)22-5-3-11-34-22/h3-14H,15H2,1-2H3. The molecule has 2 aromatic carbocycles. The SMILES string of the molecule is COc1ccc(C(=O)COC(=O)c2ccc3nc(-c4ccco4)c(-c4ccco4)nc3c2)cc1OC. The molecule has 9 nitrogen and oxygen atoms in total. The molecule has 0 aliphatic rings. The maximum atomic E-state index is 12.7. The van der Waals surface area contributed by atoms with Crippen molar-refractivity contribution in [2.45, 2.75) is 0 Å². The summed E-state index contributed by atoms with van der Waals surface area (Å²) in [6.45, 7) is -0.437. The van der Waals surface area contributed by atoms with E-state index < -0.39 is 12.6 Å². The highest BCUT2D eigenvalue weighted by molar-refractivity contribution is 6.00. The lowest BCUT2D eigenvalue weighted by molar-refractivity contribution is 0.0475. The fourth-order valence-electron chi connectivity index (χ4n) is 3.66. The maximum Gasteiger partial charge on any atom is 0.338 e. The number of carbonyl (C=O) groups is 2. The Balaban J connectivity index is 1.39. The number of ether oxygens (including phenoxy) is 3. The molecular weight excluding hydrogens is 464 g/mol. The number of hydrogen-bond donors (Lipinski definition) is 0. The van der Waals surface area contributed by atoms with Gasteiger partial charge in [-0.25, -0.2) is 14.8 Å². The highest BCUT2D eigenvalue weighted by atomic mass is 16.5. The van der Waals surface area contributed by atoms with Crippen molar-refractivity contribution in [3.63, 3.8) is 0 Å². The van der Waals surface area contributed by atoms with Gasteiger partial charge in [0.05, 0.1) is 43.3 Å². The molecule has 9 heteroatoms. The molecule has 0 saturated carbocycles. The summed E-state index contributed by atoms with van der Waals surface area (Å²) in [5, 5.41) is 0. The van der Waals surface area contributed by atoms with Crippen molar-refractivity contribution in [2.75, 3.05) is 20.8 Å². The molecule has 36 heavy (non-hydrogen) atoms. The van der Waals surface area contributed by atoms with Crippen molar-refractivity contribution in [3.8, 4) is 34.4 Å². The monoisotopic (exact) mass is 484 g/mol. The van der Waals surface area contributed by atoms with E-state index in [0.29, 0.717) is 51.0 Å². The molecule has 3 heterocycles. The van der Waals surface area contributed by atoms with Crippen LogP contribution in [0.5, 0.6) is 11.5 Å². The van der Waals surface area contributed by atoms with E-state index >= 15 is 0 Å². The number of aromatic nitrogens is 2. The fraction of sp³-hybridized carbons (Fsp3) is 0.111. The van der Waals surface area contributed by atoms with Crippen LogP contribution in [0.3, 0.4) is 0 Å². The Hall–Kier alpha value is -4.92. The Labute approximate surface area is 205 Å². The summed E-state index contributed by atoms with van der Waals surface area (Å²) in [5.41, 5.74) is 2.55. The minimum absolute atomic E-state index is 0.230. The van der Waals surface area contributed by atoms with Crippen LogP contribution in [0.2, 0.25) is 0 Å². The molecule has 0 unspecified atom stereocenters. The zero-order valence-electron chi connectivity index (χ0n) is 19.4. The molecule has 0 aliphatic carbocycles. The Morgan fingerprint density at radius 1 is 0.750 bits per heavy atom. The molecule has 0 radical (unpaired) electrons. The van der Waals surface area contributed by atoms with E-state index in [4.69, 9.17) is 23.0 Å². The van der Waals surface area contributed by atoms with Gasteiger partial charge >= 0.3 is 5.97 Å². The Bertz CT molecular complexity index is 1540. The number of ketones is 1. The Morgan fingerprint density at radius 2 is 1.39 bits per heavy atom. The van der Waals surface area contributed by atoms with E-state index in [1.165, 1.54) is 26.5 Å². The van der Waals surface area contributed by atoms with Gasteiger partial charge in [-0.3, -0.25) is 4.79 Å². The lowest BCUT2D eigenvalue weighted by Crippen LogP contribution is -2.14. The highest BCUT2D eigenvalue weighted by Crippen LogP contribution is 2.32. The van der Waals surface area contributed by atoms with Crippen LogP contribution in [0, 0.1) is 0 Å². The van der Waals surface area contributed by atoms with Gasteiger partial charge < -0.3 is 23.0 Å². The fourth-order valence-corrected chi connectivity index (χ4v) is 3.66. The van der Waals surface area contributed by atoms with Crippen molar-refractivity contribution in [1.29, 1.82) is 0 Å². The van der Waals surface area contributed by atoms with Crippen LogP contribution >= 0.6 is 0 Å². The summed E-state index contributed by atoms with van der Waals surface area (Å²) in [4.78, 5) is 34.6. The topological polar surface area (TPSA) is 114 Å². The van der Waals surface area contributed by atoms with E-state index in [9.17, 15) is 9.59 Å². The number of rotatable bonds is 8. The first-order valence-corrected chi connectivity index (χ1v) is 10.9. The summed E-state index contributed by atoms with van der Waals surface area (Å²) >= 11 is 0. The number of nitrogens with zero attached hydrogens (tertiary/aromatic N) is 2. The molecule has 0 aliphatic heterocycles. The zero-order chi connectivity index (χ0) is 25.1. The average molecular weight is 484 g/mol. The maximum absolute atomic E-state index is 12.7. The molecule has 180 valence electrons. The first-order valence-electron chi connectivity index (χ1n) is 10.9. The summed E-state index contributed by atoms with van der Waals surface area (Å²) in [7, 11) is 2.98. The van der Waals surface area contributed by atoms with Gasteiger partial charge in [-0.05, 0) is 60.7 Å². The molecule has 0 bridgehead atoms. The van der Waals surface area contributed by atoms with Gasteiger partial charge in [0.25, 0.3) is 0 Å². The minimum atomic E-state index is -0.665.